The Hall–Kier alpha value is -8.02. The molecule has 2 saturated heterocycles. The van der Waals surface area contributed by atoms with E-state index in [0.717, 1.165) is 22.3 Å². The number of hydrogen-bond acceptors (Lipinski definition) is 11. The molecule has 0 aliphatic carbocycles. The summed E-state index contributed by atoms with van der Waals surface area (Å²) in [7, 11) is 0. The van der Waals surface area contributed by atoms with E-state index in [1.54, 1.807) is 58.3 Å². The summed E-state index contributed by atoms with van der Waals surface area (Å²) in [5, 5.41) is 1.60. The first-order chi connectivity index (χ1) is 39.4. The van der Waals surface area contributed by atoms with Gasteiger partial charge in [-0.3, -0.25) is 4.79 Å². The Labute approximate surface area is 506 Å². The van der Waals surface area contributed by atoms with Crippen molar-refractivity contribution < 1.29 is 23.1 Å². The van der Waals surface area contributed by atoms with Crippen LogP contribution >= 0.6 is 23.2 Å². The first-order valence-corrected chi connectivity index (χ1v) is 28.5. The smallest absolute Gasteiger partial charge is 0.410 e. The summed E-state index contributed by atoms with van der Waals surface area (Å²) in [4.78, 5) is 79.4. The Balaban J connectivity index is 0.000000239. The highest BCUT2D eigenvalue weighted by atomic mass is 35.5. The van der Waals surface area contributed by atoms with Crippen LogP contribution in [0.2, 0.25) is 10.0 Å². The van der Waals surface area contributed by atoms with Crippen molar-refractivity contribution in [2.45, 2.75) is 121 Å². The number of carbonyl (C=O) groups is 2. The van der Waals surface area contributed by atoms with Crippen LogP contribution in [0.15, 0.2) is 119 Å². The average Bonchev–Trinajstić information content (AvgIpc) is 0.914. The Morgan fingerprint density at radius 3 is 1.40 bits per heavy atom. The number of piperazine rings is 2. The summed E-state index contributed by atoms with van der Waals surface area (Å²) < 4.78 is 38.5. The lowest BCUT2D eigenvalue weighted by molar-refractivity contribution is -0.126. The number of aromatic nitrogens is 6. The fourth-order valence-corrected chi connectivity index (χ4v) is 11.5. The molecule has 2 aliphatic rings. The molecule has 10 rings (SSSR count). The maximum Gasteiger partial charge on any atom is 0.410 e. The molecule has 448 valence electrons. The number of benzene rings is 4. The molecule has 2 aliphatic heterocycles. The zero-order chi connectivity index (χ0) is 59.9. The summed E-state index contributed by atoms with van der Waals surface area (Å²) in [6, 6.07) is 27.5. The molecular formula is C66H76Cl2F2N10O5. The molecule has 0 bridgehead atoms. The van der Waals surface area contributed by atoms with Gasteiger partial charge in [-0.2, -0.15) is 9.97 Å². The number of para-hydroxylation sites is 2. The van der Waals surface area contributed by atoms with E-state index in [4.69, 9.17) is 37.9 Å². The first kappa shape index (κ1) is 64.5. The van der Waals surface area contributed by atoms with Crippen LogP contribution in [0.1, 0.15) is 111 Å². The summed E-state index contributed by atoms with van der Waals surface area (Å²) >= 11 is 13.6. The molecular weight excluding hydrogens is 1120 g/mol. The number of fused-ring (bicyclic) bond motifs is 2. The van der Waals surface area contributed by atoms with Crippen molar-refractivity contribution in [1.82, 2.24) is 38.9 Å². The van der Waals surface area contributed by atoms with Crippen LogP contribution in [0.5, 0.6) is 0 Å². The Kier molecular flexibility index (Phi) is 19.8. The lowest BCUT2D eigenvalue weighted by Crippen LogP contribution is -2.55. The quantitative estimate of drug-likeness (QED) is 0.127. The highest BCUT2D eigenvalue weighted by Crippen LogP contribution is 2.39. The number of amides is 2. The monoisotopic (exact) mass is 1200 g/mol. The molecule has 19 heteroatoms. The fourth-order valence-electron chi connectivity index (χ4n) is 11.0. The Bertz CT molecular complexity index is 3970. The van der Waals surface area contributed by atoms with Crippen LogP contribution in [0.3, 0.4) is 0 Å². The fraction of sp³-hybridized carbons (Fsp3) is 0.364. The van der Waals surface area contributed by atoms with Crippen molar-refractivity contribution >= 4 is 68.9 Å². The third-order valence-corrected chi connectivity index (χ3v) is 15.6. The molecule has 8 aromatic rings. The van der Waals surface area contributed by atoms with E-state index < -0.39 is 28.6 Å². The molecule has 6 heterocycles. The molecule has 4 aromatic heterocycles. The maximum absolute atomic E-state index is 15.0. The maximum atomic E-state index is 15.0. The Morgan fingerprint density at radius 2 is 1.02 bits per heavy atom. The highest BCUT2D eigenvalue weighted by molar-refractivity contribution is 6.34. The number of ether oxygens (including phenoxy) is 1. The van der Waals surface area contributed by atoms with Crippen LogP contribution in [-0.4, -0.2) is 108 Å². The number of hydrogen-bond donors (Lipinski definition) is 0. The molecule has 0 spiro atoms. The molecule has 2 fully saturated rings. The van der Waals surface area contributed by atoms with Gasteiger partial charge in [-0.25, -0.2) is 42.3 Å². The normalized spacial score (nSPS) is 15.4. The number of anilines is 2. The number of halogens is 4. The second kappa shape index (κ2) is 26.1. The van der Waals surface area contributed by atoms with E-state index >= 15 is 0 Å². The van der Waals surface area contributed by atoms with Crippen molar-refractivity contribution in [3.63, 3.8) is 0 Å². The first-order valence-electron chi connectivity index (χ1n) is 27.8. The predicted octanol–water partition coefficient (Wildman–Crippen LogP) is 14.3. The van der Waals surface area contributed by atoms with Crippen molar-refractivity contribution in [3.05, 3.63) is 175 Å². The van der Waals surface area contributed by atoms with Gasteiger partial charge >= 0.3 is 17.5 Å². The number of aryl methyl sites for hydroxylation is 2. The number of pyridine rings is 2. The van der Waals surface area contributed by atoms with E-state index in [9.17, 15) is 28.0 Å². The number of rotatable bonds is 9. The van der Waals surface area contributed by atoms with Gasteiger partial charge in [0.2, 0.25) is 5.91 Å². The second-order valence-electron chi connectivity index (χ2n) is 22.8. The summed E-state index contributed by atoms with van der Waals surface area (Å²) in [6.07, 6.45) is 0.923. The van der Waals surface area contributed by atoms with Gasteiger partial charge < -0.3 is 24.3 Å². The van der Waals surface area contributed by atoms with E-state index in [0.29, 0.717) is 84.3 Å². The highest BCUT2D eigenvalue weighted by Gasteiger charge is 2.34. The van der Waals surface area contributed by atoms with Crippen molar-refractivity contribution in [2.75, 3.05) is 49.1 Å². The third kappa shape index (κ3) is 13.0. The lowest BCUT2D eigenvalue weighted by atomic mass is 9.98. The molecule has 4 aromatic carbocycles. The number of nitrogens with zero attached hydrogens (tertiary/aromatic N) is 10. The lowest BCUT2D eigenvalue weighted by Gasteiger charge is -2.41. The van der Waals surface area contributed by atoms with Crippen molar-refractivity contribution in [2.24, 2.45) is 0 Å². The van der Waals surface area contributed by atoms with E-state index in [2.05, 4.69) is 44.2 Å². The van der Waals surface area contributed by atoms with E-state index in [1.807, 2.05) is 94.7 Å². The largest absolute Gasteiger partial charge is 0.444 e. The van der Waals surface area contributed by atoms with Gasteiger partial charge in [0, 0.05) is 62.5 Å². The molecule has 15 nitrogen and oxygen atoms in total. The summed E-state index contributed by atoms with van der Waals surface area (Å²) in [5.74, 6) is 0.00573. The van der Waals surface area contributed by atoms with Gasteiger partial charge in [0.25, 0.3) is 0 Å². The molecule has 0 radical (unpaired) electrons. The minimum Gasteiger partial charge on any atom is -0.444 e. The third-order valence-electron chi connectivity index (χ3n) is 15.0. The van der Waals surface area contributed by atoms with E-state index in [1.165, 1.54) is 27.3 Å². The number of carbonyl (C=O) groups excluding carboxylic acids is 2. The topological polar surface area (TPSA) is 152 Å². The predicted molar refractivity (Wildman–Crippen MR) is 340 cm³/mol. The Morgan fingerprint density at radius 1 is 0.624 bits per heavy atom. The van der Waals surface area contributed by atoms with Crippen molar-refractivity contribution in [1.29, 1.82) is 0 Å². The molecule has 0 N–H and O–H groups in total. The summed E-state index contributed by atoms with van der Waals surface area (Å²) in [6.45, 7) is 27.7. The van der Waals surface area contributed by atoms with Crippen LogP contribution in [0.25, 0.3) is 56.0 Å². The van der Waals surface area contributed by atoms with Crippen LogP contribution < -0.4 is 21.2 Å². The van der Waals surface area contributed by atoms with Gasteiger partial charge in [0.15, 0.2) is 11.3 Å². The zero-order valence-electron chi connectivity index (χ0n) is 48.6. The molecule has 85 heavy (non-hydrogen) atoms. The molecule has 2 atom stereocenters. The zero-order valence-corrected chi connectivity index (χ0v) is 50.1. The second-order valence-corrected chi connectivity index (χ2v) is 23.6. The minimum absolute atomic E-state index is 0. The van der Waals surface area contributed by atoms with E-state index in [-0.39, 0.29) is 83.3 Å². The van der Waals surface area contributed by atoms with Gasteiger partial charge in [-0.05, 0) is 125 Å². The van der Waals surface area contributed by atoms with Crippen LogP contribution in [0, 0.1) is 25.5 Å². The standard InChI is InChI=1S/C33H37ClFN5O3.C31H31ClFN5O2.2CH4/c1-19(2)22-13-10-11-20(3)28(22)40-30-24(17-25(34)27(36-30)23-12-8-9-14-26(23)35)29(37-31(40)41)39-16-15-38(18-21(39)4)32(42)43-33(5,6)7;1-6-26(39)36-14-15-37(20(5)17-36)29-23-16-24(32)27(22-11-7-8-13-25(22)33)34-30(23)38(31(40)35-29)28-19(4)10-9-12-21(28)18(2)3;;/h8-14,17,19,21H,15-16,18H2,1-7H3;6-13,16,18,20H,1,14-15,17H2,2-5H3;2*1H4/t21-;20-;;/m00../s1. The molecule has 2 amide bonds. The van der Waals surface area contributed by atoms with Crippen LogP contribution in [-0.2, 0) is 9.53 Å². The molecule has 0 saturated carbocycles. The average molecular weight is 1200 g/mol. The minimum atomic E-state index is -0.609. The van der Waals surface area contributed by atoms with Gasteiger partial charge in [0.1, 0.15) is 28.9 Å². The van der Waals surface area contributed by atoms with Gasteiger partial charge in [-0.1, -0.05) is 133 Å². The van der Waals surface area contributed by atoms with Gasteiger partial charge in [-0.15, -0.1) is 0 Å². The van der Waals surface area contributed by atoms with Gasteiger partial charge in [0.05, 0.1) is 43.6 Å². The van der Waals surface area contributed by atoms with Crippen molar-refractivity contribution in [3.8, 4) is 33.9 Å². The summed E-state index contributed by atoms with van der Waals surface area (Å²) in [5.41, 5.74) is 5.11. The molecule has 0 unspecified atom stereocenters. The SMILES string of the molecule is C.C.C=CC(=O)N1CCN(c2nc(=O)n(-c3c(C)cccc3C(C)C)c3nc(-c4ccccc4F)c(Cl)cc23)[C@@H](C)C1.Cc1cccc(C(C)C)c1-n1c(=O)nc(N2CCN(C(=O)OC(C)(C)C)C[C@@H]2C)c2cc(Cl)c(-c3ccccc3F)nc21. The van der Waals surface area contributed by atoms with Crippen LogP contribution in [0.4, 0.5) is 25.2 Å².